The van der Waals surface area contributed by atoms with Gasteiger partial charge in [-0.15, -0.1) is 0 Å². The van der Waals surface area contributed by atoms with Gasteiger partial charge in [-0.2, -0.15) is 0 Å². The molecule has 108 valence electrons. The van der Waals surface area contributed by atoms with Gasteiger partial charge in [-0.3, -0.25) is 4.57 Å². The number of carbonyl (C=O) groups is 1. The summed E-state index contributed by atoms with van der Waals surface area (Å²) in [4.78, 5) is 25.7. The molecule has 0 aliphatic rings. The van der Waals surface area contributed by atoms with Crippen molar-refractivity contribution in [2.75, 3.05) is 20.8 Å². The maximum Gasteiger partial charge on any atom is 0.337 e. The number of rotatable bonds is 6. The molecule has 2 rings (SSSR count). The van der Waals surface area contributed by atoms with Gasteiger partial charge in [0.25, 0.3) is 0 Å². The lowest BCUT2D eigenvalue weighted by molar-refractivity contribution is 0.0185. The average molecular weight is 280 g/mol. The van der Waals surface area contributed by atoms with Crippen LogP contribution in [0.3, 0.4) is 0 Å². The molecule has 0 saturated heterocycles. The molecule has 1 atom stereocenters. The van der Waals surface area contributed by atoms with Gasteiger partial charge in [0.05, 0.1) is 35.9 Å². The molecule has 0 fully saturated rings. The summed E-state index contributed by atoms with van der Waals surface area (Å²) in [7, 11) is 3.08. The van der Waals surface area contributed by atoms with Crippen LogP contribution in [0.4, 0.5) is 0 Å². The fourth-order valence-corrected chi connectivity index (χ4v) is 2.12. The number of benzene rings is 1. The van der Waals surface area contributed by atoms with E-state index in [0.717, 1.165) is 0 Å². The smallest absolute Gasteiger partial charge is 0.337 e. The van der Waals surface area contributed by atoms with Crippen LogP contribution in [0.1, 0.15) is 10.4 Å². The van der Waals surface area contributed by atoms with Crippen LogP contribution < -0.4 is 5.69 Å². The number of carboxylic acid groups (broad SMARTS) is 1. The number of H-pyrrole nitrogens is 1. The van der Waals surface area contributed by atoms with Gasteiger partial charge in [0.2, 0.25) is 0 Å². The Morgan fingerprint density at radius 1 is 1.45 bits per heavy atom. The minimum Gasteiger partial charge on any atom is -0.478 e. The summed E-state index contributed by atoms with van der Waals surface area (Å²) < 4.78 is 11.7. The highest BCUT2D eigenvalue weighted by Gasteiger charge is 2.17. The zero-order chi connectivity index (χ0) is 14.7. The second-order valence-electron chi connectivity index (χ2n) is 4.36. The SMILES string of the molecule is COCC(Cn1c(=O)[nH]c2c(C(=O)O)cccc21)OC. The Morgan fingerprint density at radius 3 is 2.80 bits per heavy atom. The summed E-state index contributed by atoms with van der Waals surface area (Å²) in [5.74, 6) is -1.08. The molecular formula is C13H16N2O5. The van der Waals surface area contributed by atoms with Gasteiger partial charge in [0.1, 0.15) is 0 Å². The number of ether oxygens (including phenoxy) is 2. The van der Waals surface area contributed by atoms with Gasteiger partial charge < -0.3 is 19.6 Å². The number of hydrogen-bond donors (Lipinski definition) is 2. The summed E-state index contributed by atoms with van der Waals surface area (Å²) in [6.45, 7) is 0.625. The third kappa shape index (κ3) is 2.59. The molecule has 2 N–H and O–H groups in total. The highest BCUT2D eigenvalue weighted by Crippen LogP contribution is 2.16. The molecular weight excluding hydrogens is 264 g/mol. The van der Waals surface area contributed by atoms with Gasteiger partial charge in [-0.1, -0.05) is 6.07 Å². The first-order valence-corrected chi connectivity index (χ1v) is 6.05. The van der Waals surface area contributed by atoms with Crippen molar-refractivity contribution in [1.82, 2.24) is 9.55 Å². The van der Waals surface area contributed by atoms with E-state index in [1.165, 1.54) is 17.7 Å². The molecule has 7 heteroatoms. The minimum atomic E-state index is -1.08. The average Bonchev–Trinajstić information content (AvgIpc) is 2.74. The van der Waals surface area contributed by atoms with Crippen LogP contribution >= 0.6 is 0 Å². The summed E-state index contributed by atoms with van der Waals surface area (Å²) in [6.07, 6.45) is -0.287. The van der Waals surface area contributed by atoms with Gasteiger partial charge in [0, 0.05) is 14.2 Å². The Hall–Kier alpha value is -2.12. The number of aromatic carboxylic acids is 1. The number of fused-ring (bicyclic) bond motifs is 1. The first kappa shape index (κ1) is 14.3. The summed E-state index contributed by atoms with van der Waals surface area (Å²) in [5, 5.41) is 9.12. The molecule has 0 aliphatic heterocycles. The lowest BCUT2D eigenvalue weighted by Crippen LogP contribution is -2.29. The molecule has 0 radical (unpaired) electrons. The van der Waals surface area contributed by atoms with Crippen LogP contribution in [0.2, 0.25) is 0 Å². The summed E-state index contributed by atoms with van der Waals surface area (Å²) in [5.41, 5.74) is 0.552. The normalized spacial score (nSPS) is 12.7. The number of hydrogen-bond acceptors (Lipinski definition) is 4. The first-order chi connectivity index (χ1) is 9.58. The van der Waals surface area contributed by atoms with Crippen molar-refractivity contribution >= 4 is 17.0 Å². The van der Waals surface area contributed by atoms with E-state index in [4.69, 9.17) is 14.6 Å². The Bertz CT molecular complexity index is 673. The summed E-state index contributed by atoms with van der Waals surface area (Å²) in [6, 6.07) is 4.75. The van der Waals surface area contributed by atoms with Gasteiger partial charge in [0.15, 0.2) is 0 Å². The Morgan fingerprint density at radius 2 is 2.20 bits per heavy atom. The largest absolute Gasteiger partial charge is 0.478 e. The highest BCUT2D eigenvalue weighted by molar-refractivity contribution is 6.00. The molecule has 0 spiro atoms. The third-order valence-electron chi connectivity index (χ3n) is 3.11. The maximum atomic E-state index is 12.0. The van der Waals surface area contributed by atoms with Crippen molar-refractivity contribution < 1.29 is 19.4 Å². The quantitative estimate of drug-likeness (QED) is 0.812. The van der Waals surface area contributed by atoms with Crippen molar-refractivity contribution in [2.45, 2.75) is 12.6 Å². The Labute approximate surface area is 114 Å². The topological polar surface area (TPSA) is 93.6 Å². The molecule has 1 aromatic heterocycles. The van der Waals surface area contributed by atoms with Crippen LogP contribution in [-0.2, 0) is 16.0 Å². The molecule has 0 bridgehead atoms. The number of imidazole rings is 1. The van der Waals surface area contributed by atoms with Crippen molar-refractivity contribution in [3.63, 3.8) is 0 Å². The molecule has 7 nitrogen and oxygen atoms in total. The first-order valence-electron chi connectivity index (χ1n) is 6.05. The van der Waals surface area contributed by atoms with Crippen LogP contribution in [0.25, 0.3) is 11.0 Å². The van der Waals surface area contributed by atoms with E-state index in [2.05, 4.69) is 4.98 Å². The lowest BCUT2D eigenvalue weighted by Gasteiger charge is -2.14. The highest BCUT2D eigenvalue weighted by atomic mass is 16.5. The predicted molar refractivity (Wildman–Crippen MR) is 72.2 cm³/mol. The zero-order valence-corrected chi connectivity index (χ0v) is 11.3. The van der Waals surface area contributed by atoms with E-state index in [1.54, 1.807) is 19.2 Å². The van der Waals surface area contributed by atoms with Crippen LogP contribution in [-0.4, -0.2) is 47.6 Å². The molecule has 1 unspecified atom stereocenters. The number of carboxylic acids is 1. The van der Waals surface area contributed by atoms with Crippen LogP contribution in [0.15, 0.2) is 23.0 Å². The predicted octanol–water partition coefficient (Wildman–Crippen LogP) is 0.689. The molecule has 20 heavy (non-hydrogen) atoms. The van der Waals surface area contributed by atoms with E-state index in [9.17, 15) is 9.59 Å². The second kappa shape index (κ2) is 5.89. The van der Waals surface area contributed by atoms with Crippen LogP contribution in [0, 0.1) is 0 Å². The number of aromatic amines is 1. The molecule has 2 aromatic rings. The van der Waals surface area contributed by atoms with Gasteiger partial charge in [-0.25, -0.2) is 9.59 Å². The molecule has 0 amide bonds. The number of nitrogens with one attached hydrogen (secondary N) is 1. The lowest BCUT2D eigenvalue weighted by atomic mass is 10.2. The maximum absolute atomic E-state index is 12.0. The van der Waals surface area contributed by atoms with E-state index in [-0.39, 0.29) is 23.9 Å². The van der Waals surface area contributed by atoms with Crippen molar-refractivity contribution in [1.29, 1.82) is 0 Å². The number of methoxy groups -OCH3 is 2. The Kier molecular flexibility index (Phi) is 4.21. The minimum absolute atomic E-state index is 0.0686. The van der Waals surface area contributed by atoms with Crippen LogP contribution in [0.5, 0.6) is 0 Å². The van der Waals surface area contributed by atoms with Crippen molar-refractivity contribution in [3.05, 3.63) is 34.2 Å². The third-order valence-corrected chi connectivity index (χ3v) is 3.11. The monoisotopic (exact) mass is 280 g/mol. The fourth-order valence-electron chi connectivity index (χ4n) is 2.12. The Balaban J connectivity index is 2.49. The van der Waals surface area contributed by atoms with Crippen molar-refractivity contribution in [2.24, 2.45) is 0 Å². The van der Waals surface area contributed by atoms with E-state index in [0.29, 0.717) is 17.6 Å². The standard InChI is InChI=1S/C13H16N2O5/c1-19-7-8(20-2)6-15-10-5-3-4-9(12(16)17)11(10)14-13(15)18/h3-5,8H,6-7H2,1-2H3,(H,14,18)(H,16,17). The van der Waals surface area contributed by atoms with E-state index < -0.39 is 5.97 Å². The molecule has 0 aliphatic carbocycles. The molecule has 1 aromatic carbocycles. The van der Waals surface area contributed by atoms with Crippen molar-refractivity contribution in [3.8, 4) is 0 Å². The van der Waals surface area contributed by atoms with Gasteiger partial charge in [-0.05, 0) is 12.1 Å². The second-order valence-corrected chi connectivity index (χ2v) is 4.36. The van der Waals surface area contributed by atoms with E-state index >= 15 is 0 Å². The number of nitrogens with zero attached hydrogens (tertiary/aromatic N) is 1. The molecule has 0 saturated carbocycles. The van der Waals surface area contributed by atoms with Gasteiger partial charge >= 0.3 is 11.7 Å². The van der Waals surface area contributed by atoms with E-state index in [1.807, 2.05) is 0 Å². The summed E-state index contributed by atoms with van der Waals surface area (Å²) >= 11 is 0. The fraction of sp³-hybridized carbons (Fsp3) is 0.385. The number of aromatic nitrogens is 2. The zero-order valence-electron chi connectivity index (χ0n) is 11.3. The number of para-hydroxylation sites is 1. The molecule has 1 heterocycles.